The molecule has 0 aliphatic rings. The molecular formula is C13H13ClFNO2. The normalized spacial score (nSPS) is 10.8. The minimum absolute atomic E-state index is 0.104. The highest BCUT2D eigenvalue weighted by Gasteiger charge is 2.02. The van der Waals surface area contributed by atoms with Crippen LogP contribution in [0, 0.1) is 5.82 Å². The Balaban J connectivity index is 1.86. The number of furan rings is 1. The molecule has 0 unspecified atom stereocenters. The van der Waals surface area contributed by atoms with Crippen LogP contribution in [0.2, 0.25) is 5.02 Å². The second-order valence-corrected chi connectivity index (χ2v) is 4.29. The van der Waals surface area contributed by atoms with Gasteiger partial charge in [-0.3, -0.25) is 0 Å². The van der Waals surface area contributed by atoms with Crippen molar-refractivity contribution in [3.63, 3.8) is 0 Å². The highest BCUT2D eigenvalue weighted by atomic mass is 35.5. The fourth-order valence-corrected chi connectivity index (χ4v) is 1.79. The molecule has 96 valence electrons. The average molecular weight is 270 g/mol. The SMILES string of the molecule is OCc1ccc(CNCc2ccc(F)c(Cl)c2)o1. The van der Waals surface area contributed by atoms with Crippen molar-refractivity contribution in [3.05, 3.63) is 58.3 Å². The quantitative estimate of drug-likeness (QED) is 0.877. The Bertz CT molecular complexity index is 527. The lowest BCUT2D eigenvalue weighted by Crippen LogP contribution is -2.12. The lowest BCUT2D eigenvalue weighted by molar-refractivity contribution is 0.242. The van der Waals surface area contributed by atoms with E-state index in [0.29, 0.717) is 18.8 Å². The van der Waals surface area contributed by atoms with E-state index in [1.165, 1.54) is 6.07 Å². The molecule has 0 saturated carbocycles. The molecule has 2 rings (SSSR count). The molecular weight excluding hydrogens is 257 g/mol. The van der Waals surface area contributed by atoms with Gasteiger partial charge in [0.15, 0.2) is 0 Å². The molecule has 0 atom stereocenters. The van der Waals surface area contributed by atoms with Gasteiger partial charge < -0.3 is 14.8 Å². The largest absolute Gasteiger partial charge is 0.462 e. The van der Waals surface area contributed by atoms with Crippen LogP contribution < -0.4 is 5.32 Å². The zero-order valence-electron chi connectivity index (χ0n) is 9.62. The summed E-state index contributed by atoms with van der Waals surface area (Å²) in [5.74, 6) is 0.864. The molecule has 2 aromatic rings. The van der Waals surface area contributed by atoms with E-state index in [-0.39, 0.29) is 11.6 Å². The van der Waals surface area contributed by atoms with Gasteiger partial charge in [-0.2, -0.15) is 0 Å². The number of halogens is 2. The number of aliphatic hydroxyl groups excluding tert-OH is 1. The first-order valence-electron chi connectivity index (χ1n) is 5.52. The monoisotopic (exact) mass is 269 g/mol. The molecule has 3 nitrogen and oxygen atoms in total. The van der Waals surface area contributed by atoms with Gasteiger partial charge in [0.1, 0.15) is 23.9 Å². The Hall–Kier alpha value is -1.36. The van der Waals surface area contributed by atoms with Gasteiger partial charge in [0.2, 0.25) is 0 Å². The number of nitrogens with one attached hydrogen (secondary N) is 1. The molecule has 1 aromatic carbocycles. The summed E-state index contributed by atoms with van der Waals surface area (Å²) in [7, 11) is 0. The zero-order valence-corrected chi connectivity index (χ0v) is 10.4. The van der Waals surface area contributed by atoms with E-state index in [4.69, 9.17) is 21.1 Å². The van der Waals surface area contributed by atoms with Crippen LogP contribution in [0.4, 0.5) is 4.39 Å². The van der Waals surface area contributed by atoms with Crippen LogP contribution in [0.1, 0.15) is 17.1 Å². The Morgan fingerprint density at radius 1 is 1.17 bits per heavy atom. The molecule has 1 aromatic heterocycles. The Kier molecular flexibility index (Phi) is 4.36. The summed E-state index contributed by atoms with van der Waals surface area (Å²) in [5, 5.41) is 12.1. The summed E-state index contributed by atoms with van der Waals surface area (Å²) in [6.07, 6.45) is 0. The predicted octanol–water partition coefficient (Wildman–Crippen LogP) is 2.85. The van der Waals surface area contributed by atoms with Crippen molar-refractivity contribution >= 4 is 11.6 Å². The fourth-order valence-electron chi connectivity index (χ4n) is 1.58. The van der Waals surface area contributed by atoms with Crippen LogP contribution in [0.5, 0.6) is 0 Å². The van der Waals surface area contributed by atoms with Crippen LogP contribution in [-0.2, 0) is 19.7 Å². The number of hydrogen-bond acceptors (Lipinski definition) is 3. The van der Waals surface area contributed by atoms with Crippen LogP contribution in [0.15, 0.2) is 34.7 Å². The van der Waals surface area contributed by atoms with Gasteiger partial charge in [0.25, 0.3) is 0 Å². The lowest BCUT2D eigenvalue weighted by Gasteiger charge is -2.04. The molecule has 18 heavy (non-hydrogen) atoms. The third-order valence-corrected chi connectivity index (χ3v) is 2.78. The summed E-state index contributed by atoms with van der Waals surface area (Å²) in [6, 6.07) is 8.14. The number of hydrogen-bond donors (Lipinski definition) is 2. The Morgan fingerprint density at radius 3 is 2.61 bits per heavy atom. The molecule has 0 amide bonds. The van der Waals surface area contributed by atoms with E-state index in [2.05, 4.69) is 5.32 Å². The van der Waals surface area contributed by atoms with Crippen molar-refractivity contribution in [2.75, 3.05) is 0 Å². The Morgan fingerprint density at radius 2 is 1.94 bits per heavy atom. The van der Waals surface area contributed by atoms with Gasteiger partial charge in [-0.05, 0) is 29.8 Å². The molecule has 0 aliphatic carbocycles. The molecule has 0 spiro atoms. The smallest absolute Gasteiger partial charge is 0.141 e. The standard InChI is InChI=1S/C13H13ClFNO2/c14-12-5-9(1-4-13(12)15)6-16-7-10-2-3-11(8-17)18-10/h1-5,16-17H,6-8H2. The first-order valence-corrected chi connectivity index (χ1v) is 5.90. The Labute approximate surface area is 109 Å². The molecule has 0 aliphatic heterocycles. The van der Waals surface area contributed by atoms with Crippen molar-refractivity contribution in [1.82, 2.24) is 5.32 Å². The predicted molar refractivity (Wildman–Crippen MR) is 66.6 cm³/mol. The molecule has 2 N–H and O–H groups in total. The number of rotatable bonds is 5. The summed E-state index contributed by atoms with van der Waals surface area (Å²) in [4.78, 5) is 0. The van der Waals surface area contributed by atoms with Crippen molar-refractivity contribution < 1.29 is 13.9 Å². The van der Waals surface area contributed by atoms with E-state index in [1.807, 2.05) is 0 Å². The summed E-state index contributed by atoms with van der Waals surface area (Å²) in [6.45, 7) is 0.998. The van der Waals surface area contributed by atoms with Crippen molar-refractivity contribution in [1.29, 1.82) is 0 Å². The fraction of sp³-hybridized carbons (Fsp3) is 0.231. The topological polar surface area (TPSA) is 45.4 Å². The first-order chi connectivity index (χ1) is 8.69. The van der Waals surface area contributed by atoms with E-state index in [9.17, 15) is 4.39 Å². The molecule has 0 bridgehead atoms. The van der Waals surface area contributed by atoms with Gasteiger partial charge in [0.05, 0.1) is 11.6 Å². The number of benzene rings is 1. The highest BCUT2D eigenvalue weighted by Crippen LogP contribution is 2.16. The van der Waals surface area contributed by atoms with Gasteiger partial charge in [-0.25, -0.2) is 4.39 Å². The van der Waals surface area contributed by atoms with E-state index >= 15 is 0 Å². The van der Waals surface area contributed by atoms with E-state index < -0.39 is 5.82 Å². The molecule has 0 saturated heterocycles. The third kappa shape index (κ3) is 3.32. The summed E-state index contributed by atoms with van der Waals surface area (Å²) >= 11 is 5.68. The van der Waals surface area contributed by atoms with Gasteiger partial charge in [-0.1, -0.05) is 17.7 Å². The maximum Gasteiger partial charge on any atom is 0.141 e. The minimum atomic E-state index is -0.418. The van der Waals surface area contributed by atoms with Gasteiger partial charge in [-0.15, -0.1) is 0 Å². The molecule has 5 heteroatoms. The van der Waals surface area contributed by atoms with Crippen LogP contribution >= 0.6 is 11.6 Å². The molecule has 0 radical (unpaired) electrons. The van der Waals surface area contributed by atoms with E-state index in [1.54, 1.807) is 24.3 Å². The number of aliphatic hydroxyl groups is 1. The lowest BCUT2D eigenvalue weighted by atomic mass is 10.2. The van der Waals surface area contributed by atoms with E-state index in [0.717, 1.165) is 11.3 Å². The first kappa shape index (κ1) is 13.1. The second-order valence-electron chi connectivity index (χ2n) is 3.88. The van der Waals surface area contributed by atoms with Crippen molar-refractivity contribution in [2.45, 2.75) is 19.7 Å². The summed E-state index contributed by atoms with van der Waals surface area (Å²) in [5.41, 5.74) is 0.898. The maximum absolute atomic E-state index is 12.9. The van der Waals surface area contributed by atoms with Crippen LogP contribution in [0.3, 0.4) is 0 Å². The third-order valence-electron chi connectivity index (χ3n) is 2.49. The molecule has 0 fully saturated rings. The van der Waals surface area contributed by atoms with Crippen molar-refractivity contribution in [3.8, 4) is 0 Å². The van der Waals surface area contributed by atoms with Gasteiger partial charge >= 0.3 is 0 Å². The second kappa shape index (κ2) is 6.00. The van der Waals surface area contributed by atoms with Crippen LogP contribution in [0.25, 0.3) is 0 Å². The summed E-state index contributed by atoms with van der Waals surface area (Å²) < 4.78 is 18.3. The minimum Gasteiger partial charge on any atom is -0.462 e. The maximum atomic E-state index is 12.9. The average Bonchev–Trinajstić information content (AvgIpc) is 2.82. The highest BCUT2D eigenvalue weighted by molar-refractivity contribution is 6.30. The van der Waals surface area contributed by atoms with Gasteiger partial charge in [0, 0.05) is 6.54 Å². The van der Waals surface area contributed by atoms with Crippen molar-refractivity contribution in [2.24, 2.45) is 0 Å². The zero-order chi connectivity index (χ0) is 13.0. The van der Waals surface area contributed by atoms with Crippen LogP contribution in [-0.4, -0.2) is 5.11 Å². The molecule has 1 heterocycles.